The fraction of sp³-hybridized carbons (Fsp3) is 0.0769. The van der Waals surface area contributed by atoms with Gasteiger partial charge in [0.2, 0.25) is 0 Å². The molecule has 0 amide bonds. The van der Waals surface area contributed by atoms with Crippen LogP contribution in [0.15, 0.2) is 36.8 Å². The van der Waals surface area contributed by atoms with Gasteiger partial charge in [-0.2, -0.15) is 0 Å². The summed E-state index contributed by atoms with van der Waals surface area (Å²) in [4.78, 5) is 15.2. The Kier molecular flexibility index (Phi) is 3.57. The lowest BCUT2D eigenvalue weighted by Crippen LogP contribution is -1.97. The largest absolute Gasteiger partial charge is 0.424 e. The number of hydrogen-bond acceptors (Lipinski definition) is 5. The van der Waals surface area contributed by atoms with E-state index >= 15 is 0 Å². The van der Waals surface area contributed by atoms with Gasteiger partial charge in [-0.15, -0.1) is 0 Å². The average Bonchev–Trinajstić information content (AvgIpc) is 2.49. The number of hydrogen-bond donors (Lipinski definition) is 0. The van der Waals surface area contributed by atoms with Gasteiger partial charge in [0, 0.05) is 6.20 Å². The fourth-order valence-corrected chi connectivity index (χ4v) is 1.79. The number of benzene rings is 1. The van der Waals surface area contributed by atoms with Crippen molar-refractivity contribution in [1.82, 2.24) is 19.9 Å². The smallest absolute Gasteiger partial charge is 0.321 e. The van der Waals surface area contributed by atoms with Crippen molar-refractivity contribution in [3.05, 3.63) is 47.6 Å². The molecule has 0 fully saturated rings. The Morgan fingerprint density at radius 3 is 2.52 bits per heavy atom. The highest BCUT2D eigenvalue weighted by atomic mass is 35.5. The third-order valence-electron chi connectivity index (χ3n) is 2.60. The van der Waals surface area contributed by atoms with Gasteiger partial charge >= 0.3 is 6.01 Å². The number of fused-ring (bicyclic) bond motifs is 1. The predicted octanol–water partition coefficient (Wildman–Crippen LogP) is 3.80. The van der Waals surface area contributed by atoms with E-state index in [1.165, 1.54) is 18.6 Å². The van der Waals surface area contributed by atoms with Crippen LogP contribution in [-0.4, -0.2) is 19.9 Å². The molecule has 8 heteroatoms. The molecule has 0 N–H and O–H groups in total. The van der Waals surface area contributed by atoms with Gasteiger partial charge in [-0.1, -0.05) is 17.7 Å². The minimum Gasteiger partial charge on any atom is -0.424 e. The lowest BCUT2D eigenvalue weighted by molar-refractivity contribution is 0.141. The predicted molar refractivity (Wildman–Crippen MR) is 71.6 cm³/mol. The summed E-state index contributed by atoms with van der Waals surface area (Å²) in [5.74, 6) is -0.155. The van der Waals surface area contributed by atoms with Crippen molar-refractivity contribution >= 4 is 22.5 Å². The first-order valence-electron chi connectivity index (χ1n) is 5.83. The third-order valence-corrected chi connectivity index (χ3v) is 2.79. The van der Waals surface area contributed by atoms with Gasteiger partial charge in [0.05, 0.1) is 28.3 Å². The first kappa shape index (κ1) is 13.6. The molecule has 0 unspecified atom stereocenters. The van der Waals surface area contributed by atoms with E-state index in [1.54, 1.807) is 18.2 Å². The van der Waals surface area contributed by atoms with Crippen molar-refractivity contribution in [2.24, 2.45) is 0 Å². The summed E-state index contributed by atoms with van der Waals surface area (Å²) >= 11 is 5.69. The summed E-state index contributed by atoms with van der Waals surface area (Å²) in [6, 6.07) is 4.96. The number of halogens is 3. The van der Waals surface area contributed by atoms with Crippen molar-refractivity contribution in [3.8, 4) is 11.8 Å². The molecule has 0 aliphatic rings. The molecule has 106 valence electrons. The molecule has 0 bridgehead atoms. The molecular weight excluding hydrogens is 302 g/mol. The second-order valence-corrected chi connectivity index (χ2v) is 4.44. The molecular formula is C13H7ClF2N4O. The Morgan fingerprint density at radius 1 is 1.05 bits per heavy atom. The second kappa shape index (κ2) is 5.53. The Hall–Kier alpha value is -2.41. The zero-order valence-corrected chi connectivity index (χ0v) is 11.1. The quantitative estimate of drug-likeness (QED) is 0.736. The van der Waals surface area contributed by atoms with E-state index in [0.717, 1.165) is 0 Å². The van der Waals surface area contributed by atoms with Gasteiger partial charge in [-0.05, 0) is 12.1 Å². The molecule has 3 aromatic rings. The van der Waals surface area contributed by atoms with E-state index in [1.807, 2.05) is 0 Å². The van der Waals surface area contributed by atoms with Gasteiger partial charge < -0.3 is 4.74 Å². The third kappa shape index (κ3) is 2.87. The summed E-state index contributed by atoms with van der Waals surface area (Å²) in [6.45, 7) is 0. The molecule has 0 spiro atoms. The second-order valence-electron chi connectivity index (χ2n) is 4.00. The highest BCUT2D eigenvalue weighted by molar-refractivity contribution is 6.30. The minimum atomic E-state index is -2.72. The maximum Gasteiger partial charge on any atom is 0.321 e. The molecule has 0 saturated heterocycles. The molecule has 0 atom stereocenters. The van der Waals surface area contributed by atoms with Crippen LogP contribution in [0.5, 0.6) is 11.8 Å². The van der Waals surface area contributed by atoms with E-state index in [-0.39, 0.29) is 6.01 Å². The van der Waals surface area contributed by atoms with E-state index in [0.29, 0.717) is 21.7 Å². The summed E-state index contributed by atoms with van der Waals surface area (Å²) in [6.07, 6.45) is 1.34. The topological polar surface area (TPSA) is 60.8 Å². The van der Waals surface area contributed by atoms with Gasteiger partial charge in [0.1, 0.15) is 5.75 Å². The molecule has 1 aromatic carbocycles. The number of rotatable bonds is 3. The molecule has 3 rings (SSSR count). The number of nitrogens with zero attached hydrogens (tertiary/aromatic N) is 4. The SMILES string of the molecule is FC(F)c1ncc2c(Oc3ncc(Cl)cn3)cccc2n1. The monoisotopic (exact) mass is 308 g/mol. The highest BCUT2D eigenvalue weighted by Gasteiger charge is 2.13. The van der Waals surface area contributed by atoms with Crippen molar-refractivity contribution in [1.29, 1.82) is 0 Å². The van der Waals surface area contributed by atoms with Crippen LogP contribution >= 0.6 is 11.6 Å². The highest BCUT2D eigenvalue weighted by Crippen LogP contribution is 2.28. The van der Waals surface area contributed by atoms with Crippen molar-refractivity contribution in [2.75, 3.05) is 0 Å². The van der Waals surface area contributed by atoms with Crippen LogP contribution < -0.4 is 4.74 Å². The Morgan fingerprint density at radius 2 is 1.81 bits per heavy atom. The molecule has 2 aromatic heterocycles. The van der Waals surface area contributed by atoms with Gasteiger partial charge in [0.25, 0.3) is 6.43 Å². The molecule has 5 nitrogen and oxygen atoms in total. The summed E-state index contributed by atoms with van der Waals surface area (Å²) in [7, 11) is 0. The molecule has 2 heterocycles. The normalized spacial score (nSPS) is 11.0. The maximum atomic E-state index is 12.6. The summed E-state index contributed by atoms with van der Waals surface area (Å²) in [5.41, 5.74) is 0.353. The Labute approximate surface area is 122 Å². The van der Waals surface area contributed by atoms with Crippen LogP contribution in [0.3, 0.4) is 0 Å². The van der Waals surface area contributed by atoms with Crippen LogP contribution in [-0.2, 0) is 0 Å². The average molecular weight is 309 g/mol. The summed E-state index contributed by atoms with van der Waals surface area (Å²) in [5, 5.41) is 0.866. The van der Waals surface area contributed by atoms with E-state index < -0.39 is 12.2 Å². The standard InChI is InChI=1S/C13H7ClF2N4O/c14-7-4-18-13(19-5-7)21-10-3-1-2-9-8(10)6-17-12(20-9)11(15)16/h1-6,11H. The van der Waals surface area contributed by atoms with Crippen LogP contribution in [0.2, 0.25) is 5.02 Å². The van der Waals surface area contributed by atoms with Gasteiger partial charge in [-0.3, -0.25) is 0 Å². The molecule has 0 radical (unpaired) electrons. The van der Waals surface area contributed by atoms with Crippen LogP contribution in [0, 0.1) is 0 Å². The number of ether oxygens (including phenoxy) is 1. The van der Waals surface area contributed by atoms with Crippen molar-refractivity contribution in [3.63, 3.8) is 0 Å². The van der Waals surface area contributed by atoms with E-state index in [4.69, 9.17) is 16.3 Å². The van der Waals surface area contributed by atoms with Gasteiger partial charge in [-0.25, -0.2) is 28.7 Å². The first-order valence-corrected chi connectivity index (χ1v) is 6.20. The van der Waals surface area contributed by atoms with E-state index in [2.05, 4.69) is 19.9 Å². The Balaban J connectivity index is 2.00. The molecule has 0 saturated carbocycles. The number of alkyl halides is 2. The molecule has 0 aliphatic carbocycles. The van der Waals surface area contributed by atoms with Gasteiger partial charge in [0.15, 0.2) is 5.82 Å². The maximum absolute atomic E-state index is 12.6. The minimum absolute atomic E-state index is 0.0878. The lowest BCUT2D eigenvalue weighted by Gasteiger charge is -2.07. The van der Waals surface area contributed by atoms with Crippen molar-refractivity contribution in [2.45, 2.75) is 6.43 Å². The first-order chi connectivity index (χ1) is 10.1. The zero-order chi connectivity index (χ0) is 14.8. The molecule has 21 heavy (non-hydrogen) atoms. The van der Waals surface area contributed by atoms with Crippen LogP contribution in [0.4, 0.5) is 8.78 Å². The van der Waals surface area contributed by atoms with E-state index in [9.17, 15) is 8.78 Å². The summed E-state index contributed by atoms with van der Waals surface area (Å²) < 4.78 is 30.7. The fourth-order valence-electron chi connectivity index (χ4n) is 1.69. The number of aromatic nitrogens is 4. The molecule has 0 aliphatic heterocycles. The zero-order valence-electron chi connectivity index (χ0n) is 10.4. The lowest BCUT2D eigenvalue weighted by atomic mass is 10.2. The Bertz CT molecular complexity index is 783. The van der Waals surface area contributed by atoms with Crippen LogP contribution in [0.1, 0.15) is 12.2 Å². The van der Waals surface area contributed by atoms with Crippen molar-refractivity contribution < 1.29 is 13.5 Å². The van der Waals surface area contributed by atoms with Crippen LogP contribution in [0.25, 0.3) is 10.9 Å².